The highest BCUT2D eigenvalue weighted by molar-refractivity contribution is 5.89. The van der Waals surface area contributed by atoms with Gasteiger partial charge in [0.15, 0.2) is 6.10 Å². The monoisotopic (exact) mass is 408 g/mol. The van der Waals surface area contributed by atoms with E-state index in [1.807, 2.05) is 31.2 Å². The number of rotatable bonds is 7. The lowest BCUT2D eigenvalue weighted by Crippen LogP contribution is -2.16. The van der Waals surface area contributed by atoms with Gasteiger partial charge < -0.3 is 18.6 Å². The Labute approximate surface area is 175 Å². The second kappa shape index (κ2) is 9.09. The van der Waals surface area contributed by atoms with Gasteiger partial charge in [0.2, 0.25) is 5.89 Å². The molecule has 3 aromatic rings. The van der Waals surface area contributed by atoms with Crippen LogP contribution in [0.1, 0.15) is 47.7 Å². The molecule has 1 aromatic heterocycles. The predicted octanol–water partition coefficient (Wildman–Crippen LogP) is 4.52. The highest BCUT2D eigenvalue weighted by atomic mass is 16.6. The average molecular weight is 408 g/mol. The minimum Gasteiger partial charge on any atom is -0.491 e. The predicted molar refractivity (Wildman–Crippen MR) is 109 cm³/mol. The Kier molecular flexibility index (Phi) is 6.09. The number of nitrogens with zero attached hydrogens (tertiary/aromatic N) is 2. The molecule has 0 radical (unpaired) electrons. The molecule has 0 amide bonds. The molecule has 156 valence electrons. The van der Waals surface area contributed by atoms with E-state index in [0.29, 0.717) is 23.8 Å². The van der Waals surface area contributed by atoms with Crippen LogP contribution in [-0.4, -0.2) is 35.5 Å². The van der Waals surface area contributed by atoms with Gasteiger partial charge in [0, 0.05) is 12.2 Å². The van der Waals surface area contributed by atoms with Crippen molar-refractivity contribution in [3.05, 3.63) is 65.5 Å². The van der Waals surface area contributed by atoms with Crippen molar-refractivity contribution in [3.63, 3.8) is 0 Å². The summed E-state index contributed by atoms with van der Waals surface area (Å²) in [6.07, 6.45) is 1.57. The molecule has 1 aliphatic heterocycles. The largest absolute Gasteiger partial charge is 0.491 e. The fourth-order valence-corrected chi connectivity index (χ4v) is 3.14. The first-order chi connectivity index (χ1) is 14.6. The molecular weight excluding hydrogens is 384 g/mol. The highest BCUT2D eigenvalue weighted by Gasteiger charge is 2.20. The summed E-state index contributed by atoms with van der Waals surface area (Å²) < 4.78 is 22.4. The molecule has 30 heavy (non-hydrogen) atoms. The number of carbonyl (C=O) groups is 1. The second-order valence-corrected chi connectivity index (χ2v) is 7.33. The Morgan fingerprint density at radius 3 is 2.60 bits per heavy atom. The van der Waals surface area contributed by atoms with Gasteiger partial charge in [0.25, 0.3) is 5.89 Å². The van der Waals surface area contributed by atoms with Gasteiger partial charge >= 0.3 is 5.97 Å². The standard InChI is InChI=1S/C23H24N2O5/c1-15-5-7-17(8-6-15)22-25-24-21(30-22)16(2)29-23(26)18-9-11-19(12-10-18)28-14-20-4-3-13-27-20/h5-12,16,20H,3-4,13-14H2,1-2H3/t16-,20+/m1/s1. The van der Waals surface area contributed by atoms with Crippen molar-refractivity contribution in [2.45, 2.75) is 38.9 Å². The molecule has 0 aliphatic carbocycles. The minimum absolute atomic E-state index is 0.148. The van der Waals surface area contributed by atoms with Gasteiger partial charge in [-0.05, 0) is 63.1 Å². The molecule has 0 N–H and O–H groups in total. The number of hydrogen-bond acceptors (Lipinski definition) is 7. The topological polar surface area (TPSA) is 83.7 Å². The van der Waals surface area contributed by atoms with Crippen LogP contribution < -0.4 is 4.74 Å². The first kappa shape index (κ1) is 20.1. The molecule has 0 unspecified atom stereocenters. The van der Waals surface area contributed by atoms with Gasteiger partial charge in [-0.25, -0.2) is 4.79 Å². The second-order valence-electron chi connectivity index (χ2n) is 7.33. The normalized spacial score (nSPS) is 16.9. The lowest BCUT2D eigenvalue weighted by atomic mass is 10.1. The van der Waals surface area contributed by atoms with Crippen LogP contribution >= 0.6 is 0 Å². The molecule has 7 nitrogen and oxygen atoms in total. The maximum atomic E-state index is 12.4. The molecule has 1 saturated heterocycles. The SMILES string of the molecule is Cc1ccc(-c2nnc([C@@H](C)OC(=O)c3ccc(OC[C@@H]4CCCO4)cc3)o2)cc1. The molecule has 0 spiro atoms. The van der Waals surface area contributed by atoms with Crippen molar-refractivity contribution in [2.75, 3.05) is 13.2 Å². The summed E-state index contributed by atoms with van der Waals surface area (Å²) in [7, 11) is 0. The Bertz CT molecular complexity index is 976. The van der Waals surface area contributed by atoms with E-state index in [2.05, 4.69) is 10.2 Å². The van der Waals surface area contributed by atoms with Crippen molar-refractivity contribution in [3.8, 4) is 17.2 Å². The number of esters is 1. The van der Waals surface area contributed by atoms with E-state index < -0.39 is 12.1 Å². The quantitative estimate of drug-likeness (QED) is 0.531. The highest BCUT2D eigenvalue weighted by Crippen LogP contribution is 2.24. The van der Waals surface area contributed by atoms with Gasteiger partial charge in [0.1, 0.15) is 12.4 Å². The third-order valence-electron chi connectivity index (χ3n) is 4.92. The van der Waals surface area contributed by atoms with Crippen molar-refractivity contribution in [2.24, 2.45) is 0 Å². The zero-order valence-electron chi connectivity index (χ0n) is 17.0. The number of benzene rings is 2. The third-order valence-corrected chi connectivity index (χ3v) is 4.92. The fourth-order valence-electron chi connectivity index (χ4n) is 3.14. The Balaban J connectivity index is 1.33. The summed E-state index contributed by atoms with van der Waals surface area (Å²) in [5.74, 6) is 0.856. The van der Waals surface area contributed by atoms with Crippen LogP contribution in [0.15, 0.2) is 52.9 Å². The molecule has 1 fully saturated rings. The third kappa shape index (κ3) is 4.86. The molecule has 2 aromatic carbocycles. The fraction of sp³-hybridized carbons (Fsp3) is 0.348. The van der Waals surface area contributed by atoms with Crippen LogP contribution in [0.5, 0.6) is 5.75 Å². The van der Waals surface area contributed by atoms with E-state index in [1.165, 1.54) is 0 Å². The molecule has 2 heterocycles. The zero-order chi connectivity index (χ0) is 20.9. The van der Waals surface area contributed by atoms with E-state index in [4.69, 9.17) is 18.6 Å². The molecule has 2 atom stereocenters. The van der Waals surface area contributed by atoms with Gasteiger partial charge in [-0.1, -0.05) is 17.7 Å². The van der Waals surface area contributed by atoms with Crippen LogP contribution in [0.25, 0.3) is 11.5 Å². The average Bonchev–Trinajstić information content (AvgIpc) is 3.45. The van der Waals surface area contributed by atoms with E-state index in [9.17, 15) is 4.79 Å². The van der Waals surface area contributed by atoms with Gasteiger partial charge in [0.05, 0.1) is 11.7 Å². The van der Waals surface area contributed by atoms with Gasteiger partial charge in [-0.3, -0.25) is 0 Å². The van der Waals surface area contributed by atoms with Crippen molar-refractivity contribution >= 4 is 5.97 Å². The summed E-state index contributed by atoms with van der Waals surface area (Å²) in [4.78, 5) is 12.4. The first-order valence-electron chi connectivity index (χ1n) is 10.0. The maximum absolute atomic E-state index is 12.4. The molecule has 0 bridgehead atoms. The van der Waals surface area contributed by atoms with Crippen molar-refractivity contribution in [1.29, 1.82) is 0 Å². The lowest BCUT2D eigenvalue weighted by molar-refractivity contribution is 0.0279. The van der Waals surface area contributed by atoms with Crippen molar-refractivity contribution in [1.82, 2.24) is 10.2 Å². The number of ether oxygens (including phenoxy) is 3. The van der Waals surface area contributed by atoms with Crippen LogP contribution in [0.4, 0.5) is 0 Å². The van der Waals surface area contributed by atoms with Crippen molar-refractivity contribution < 1.29 is 23.4 Å². The summed E-state index contributed by atoms with van der Waals surface area (Å²) >= 11 is 0. The van der Waals surface area contributed by atoms with Crippen LogP contribution in [0.3, 0.4) is 0 Å². The number of hydrogen-bond donors (Lipinski definition) is 0. The number of carbonyl (C=O) groups excluding carboxylic acids is 1. The van der Waals surface area contributed by atoms with Gasteiger partial charge in [-0.2, -0.15) is 0 Å². The number of aromatic nitrogens is 2. The summed E-state index contributed by atoms with van der Waals surface area (Å²) in [5.41, 5.74) is 2.38. The first-order valence-corrected chi connectivity index (χ1v) is 10.0. The van der Waals surface area contributed by atoms with E-state index in [0.717, 1.165) is 30.6 Å². The lowest BCUT2D eigenvalue weighted by Gasteiger charge is -2.12. The van der Waals surface area contributed by atoms with Crippen LogP contribution in [0.2, 0.25) is 0 Å². The summed E-state index contributed by atoms with van der Waals surface area (Å²) in [5, 5.41) is 8.06. The Hall–Kier alpha value is -3.19. The summed E-state index contributed by atoms with van der Waals surface area (Å²) in [6.45, 7) is 5.02. The number of aryl methyl sites for hydroxylation is 1. The smallest absolute Gasteiger partial charge is 0.338 e. The molecule has 4 rings (SSSR count). The Morgan fingerprint density at radius 1 is 1.13 bits per heavy atom. The molecule has 0 saturated carbocycles. The molecule has 7 heteroatoms. The molecular formula is C23H24N2O5. The Morgan fingerprint density at radius 2 is 1.90 bits per heavy atom. The van der Waals surface area contributed by atoms with E-state index in [1.54, 1.807) is 31.2 Å². The minimum atomic E-state index is -0.667. The van der Waals surface area contributed by atoms with Crippen LogP contribution in [-0.2, 0) is 9.47 Å². The van der Waals surface area contributed by atoms with E-state index in [-0.39, 0.29) is 12.0 Å². The summed E-state index contributed by atoms with van der Waals surface area (Å²) in [6, 6.07) is 14.6. The zero-order valence-corrected chi connectivity index (χ0v) is 17.0. The maximum Gasteiger partial charge on any atom is 0.338 e. The van der Waals surface area contributed by atoms with Crippen LogP contribution in [0, 0.1) is 6.92 Å². The van der Waals surface area contributed by atoms with E-state index >= 15 is 0 Å². The van der Waals surface area contributed by atoms with Gasteiger partial charge in [-0.15, -0.1) is 10.2 Å². The molecule has 1 aliphatic rings.